The van der Waals surface area contributed by atoms with Gasteiger partial charge in [-0.05, 0) is 12.1 Å². The third kappa shape index (κ3) is 2.74. The molecule has 0 unspecified atom stereocenters. The number of rotatable bonds is 4. The van der Waals surface area contributed by atoms with Crippen molar-refractivity contribution in [3.05, 3.63) is 35.5 Å². The summed E-state index contributed by atoms with van der Waals surface area (Å²) in [6, 6.07) is 3.03. The lowest BCUT2D eigenvalue weighted by molar-refractivity contribution is 0.0697. The van der Waals surface area contributed by atoms with Crippen molar-refractivity contribution in [2.24, 2.45) is 0 Å². The molecular weight excluding hydrogens is 204 g/mol. The fraction of sp³-hybridized carbons (Fsp3) is 0.111. The molecule has 0 saturated carbocycles. The number of pyridine rings is 1. The molecule has 0 radical (unpaired) electrons. The highest BCUT2D eigenvalue weighted by Crippen LogP contribution is 2.11. The molecule has 0 aliphatic heterocycles. The second kappa shape index (κ2) is 4.62. The summed E-state index contributed by atoms with van der Waals surface area (Å²) in [6.45, 7) is 3.76. The molecular formula is C9H9ClN2O2. The molecule has 2 N–H and O–H groups in total. The lowest BCUT2D eigenvalue weighted by atomic mass is 10.2. The third-order valence-electron chi connectivity index (χ3n) is 1.49. The number of carboxylic acids is 1. The van der Waals surface area contributed by atoms with Crippen LogP contribution in [0.3, 0.4) is 0 Å². The zero-order chi connectivity index (χ0) is 10.6. The second-order valence-corrected chi connectivity index (χ2v) is 3.11. The molecule has 0 fully saturated rings. The van der Waals surface area contributed by atoms with Crippen LogP contribution in [0.2, 0.25) is 0 Å². The van der Waals surface area contributed by atoms with Crippen LogP contribution in [0.25, 0.3) is 0 Å². The maximum Gasteiger partial charge on any atom is 0.339 e. The number of aromatic nitrogens is 1. The smallest absolute Gasteiger partial charge is 0.339 e. The van der Waals surface area contributed by atoms with Crippen molar-refractivity contribution in [1.82, 2.24) is 4.98 Å². The van der Waals surface area contributed by atoms with Crippen LogP contribution in [0.5, 0.6) is 0 Å². The van der Waals surface area contributed by atoms with Gasteiger partial charge in [-0.15, -0.1) is 0 Å². The molecule has 0 spiro atoms. The summed E-state index contributed by atoms with van der Waals surface area (Å²) in [5.74, 6) is -0.734. The van der Waals surface area contributed by atoms with Crippen LogP contribution < -0.4 is 5.32 Å². The van der Waals surface area contributed by atoms with Crippen LogP contribution in [0.4, 0.5) is 5.82 Å². The molecule has 74 valence electrons. The number of carbonyl (C=O) groups is 1. The first-order chi connectivity index (χ1) is 6.61. The van der Waals surface area contributed by atoms with Gasteiger partial charge >= 0.3 is 5.97 Å². The predicted octanol–water partition coefficient (Wildman–Crippen LogP) is 1.94. The number of carboxylic acid groups (broad SMARTS) is 1. The molecule has 1 aromatic heterocycles. The normalized spacial score (nSPS) is 9.50. The largest absolute Gasteiger partial charge is 0.478 e. The Morgan fingerprint density at radius 1 is 1.71 bits per heavy atom. The van der Waals surface area contributed by atoms with Gasteiger partial charge in [0.15, 0.2) is 0 Å². The van der Waals surface area contributed by atoms with E-state index in [0.717, 1.165) is 0 Å². The maximum atomic E-state index is 10.7. The summed E-state index contributed by atoms with van der Waals surface area (Å²) < 4.78 is 0. The van der Waals surface area contributed by atoms with E-state index < -0.39 is 5.97 Å². The average molecular weight is 213 g/mol. The summed E-state index contributed by atoms with van der Waals surface area (Å²) in [7, 11) is 0. The standard InChI is InChI=1S/C9H9ClN2O2/c1-6(10)5-12-8-7(9(13)14)3-2-4-11-8/h2-4H,1,5H2,(H,11,12)(H,13,14). The van der Waals surface area contributed by atoms with Crippen LogP contribution in [-0.2, 0) is 0 Å². The lowest BCUT2D eigenvalue weighted by Gasteiger charge is -2.06. The van der Waals surface area contributed by atoms with E-state index in [-0.39, 0.29) is 5.56 Å². The van der Waals surface area contributed by atoms with Crippen LogP contribution in [-0.4, -0.2) is 22.6 Å². The maximum absolute atomic E-state index is 10.7. The van der Waals surface area contributed by atoms with Crippen molar-refractivity contribution < 1.29 is 9.90 Å². The number of hydrogen-bond donors (Lipinski definition) is 2. The second-order valence-electron chi connectivity index (χ2n) is 2.58. The number of nitrogens with one attached hydrogen (secondary N) is 1. The van der Waals surface area contributed by atoms with Gasteiger partial charge in [0.05, 0.1) is 6.54 Å². The fourth-order valence-corrected chi connectivity index (χ4v) is 0.965. The highest BCUT2D eigenvalue weighted by Gasteiger charge is 2.09. The minimum absolute atomic E-state index is 0.116. The van der Waals surface area contributed by atoms with E-state index in [1.165, 1.54) is 12.3 Å². The summed E-state index contributed by atoms with van der Waals surface area (Å²) in [5.41, 5.74) is 0.116. The third-order valence-corrected chi connectivity index (χ3v) is 1.62. The lowest BCUT2D eigenvalue weighted by Crippen LogP contribution is -2.09. The van der Waals surface area contributed by atoms with Gasteiger partial charge in [-0.1, -0.05) is 18.2 Å². The minimum Gasteiger partial charge on any atom is -0.478 e. The van der Waals surface area contributed by atoms with E-state index in [2.05, 4.69) is 16.9 Å². The van der Waals surface area contributed by atoms with E-state index in [4.69, 9.17) is 16.7 Å². The van der Waals surface area contributed by atoms with Crippen LogP contribution in [0.15, 0.2) is 29.9 Å². The quantitative estimate of drug-likeness (QED) is 0.801. The molecule has 0 aromatic carbocycles. The van der Waals surface area contributed by atoms with Crippen molar-refractivity contribution in [3.8, 4) is 0 Å². The highest BCUT2D eigenvalue weighted by atomic mass is 35.5. The van der Waals surface area contributed by atoms with E-state index >= 15 is 0 Å². The van der Waals surface area contributed by atoms with Crippen molar-refractivity contribution in [2.45, 2.75) is 0 Å². The molecule has 4 nitrogen and oxygen atoms in total. The first kappa shape index (κ1) is 10.5. The molecule has 5 heteroatoms. The van der Waals surface area contributed by atoms with Gasteiger partial charge in [0.2, 0.25) is 0 Å². The van der Waals surface area contributed by atoms with Gasteiger partial charge in [0.1, 0.15) is 11.4 Å². The molecule has 0 saturated heterocycles. The molecule has 0 bridgehead atoms. The Bertz CT molecular complexity index is 366. The van der Waals surface area contributed by atoms with Gasteiger partial charge in [-0.2, -0.15) is 0 Å². The number of halogens is 1. The summed E-state index contributed by atoms with van der Waals surface area (Å²) >= 11 is 5.53. The van der Waals surface area contributed by atoms with E-state index in [0.29, 0.717) is 17.4 Å². The van der Waals surface area contributed by atoms with Gasteiger partial charge in [0.25, 0.3) is 0 Å². The average Bonchev–Trinajstić information content (AvgIpc) is 2.15. The van der Waals surface area contributed by atoms with Crippen LogP contribution in [0.1, 0.15) is 10.4 Å². The van der Waals surface area contributed by atoms with Gasteiger partial charge in [0, 0.05) is 11.2 Å². The zero-order valence-electron chi connectivity index (χ0n) is 7.33. The Hall–Kier alpha value is -1.55. The number of anilines is 1. The highest BCUT2D eigenvalue weighted by molar-refractivity contribution is 6.29. The van der Waals surface area contributed by atoms with Crippen LogP contribution >= 0.6 is 11.6 Å². The van der Waals surface area contributed by atoms with E-state index in [9.17, 15) is 4.79 Å². The number of hydrogen-bond acceptors (Lipinski definition) is 3. The Labute approximate surface area is 86.2 Å². The zero-order valence-corrected chi connectivity index (χ0v) is 8.08. The Morgan fingerprint density at radius 2 is 2.43 bits per heavy atom. The Kier molecular flexibility index (Phi) is 3.48. The topological polar surface area (TPSA) is 62.2 Å². The van der Waals surface area contributed by atoms with E-state index in [1.54, 1.807) is 6.07 Å². The molecule has 0 atom stereocenters. The van der Waals surface area contributed by atoms with Crippen molar-refractivity contribution in [1.29, 1.82) is 0 Å². The fourth-order valence-electron chi connectivity index (χ4n) is 0.898. The SMILES string of the molecule is C=C(Cl)CNc1ncccc1C(=O)O. The monoisotopic (exact) mass is 212 g/mol. The molecule has 1 aromatic rings. The molecule has 0 aliphatic carbocycles. The first-order valence-corrected chi connectivity index (χ1v) is 4.24. The Morgan fingerprint density at radius 3 is 3.00 bits per heavy atom. The summed E-state index contributed by atoms with van der Waals surface area (Å²) in [4.78, 5) is 14.6. The summed E-state index contributed by atoms with van der Waals surface area (Å²) in [5, 5.41) is 12.0. The number of nitrogens with zero attached hydrogens (tertiary/aromatic N) is 1. The molecule has 0 aliphatic rings. The van der Waals surface area contributed by atoms with Gasteiger partial charge in [-0.3, -0.25) is 0 Å². The molecule has 1 rings (SSSR count). The predicted molar refractivity (Wildman–Crippen MR) is 54.7 cm³/mol. The molecule has 14 heavy (non-hydrogen) atoms. The molecule has 1 heterocycles. The first-order valence-electron chi connectivity index (χ1n) is 3.86. The van der Waals surface area contributed by atoms with Gasteiger partial charge < -0.3 is 10.4 Å². The summed E-state index contributed by atoms with van der Waals surface area (Å²) in [6.07, 6.45) is 1.51. The Balaban J connectivity index is 2.84. The van der Waals surface area contributed by atoms with Gasteiger partial charge in [-0.25, -0.2) is 9.78 Å². The molecule has 0 amide bonds. The van der Waals surface area contributed by atoms with Crippen molar-refractivity contribution >= 4 is 23.4 Å². The number of aromatic carboxylic acids is 1. The van der Waals surface area contributed by atoms with E-state index in [1.807, 2.05) is 0 Å². The minimum atomic E-state index is -1.03. The van der Waals surface area contributed by atoms with Crippen LogP contribution in [0, 0.1) is 0 Å². The van der Waals surface area contributed by atoms with Crippen molar-refractivity contribution in [3.63, 3.8) is 0 Å². The van der Waals surface area contributed by atoms with Crippen molar-refractivity contribution in [2.75, 3.05) is 11.9 Å².